The molecule has 2 aliphatic rings. The molecule has 4 nitrogen and oxygen atoms in total. The molecule has 82 valence electrons. The van der Waals surface area contributed by atoms with E-state index in [9.17, 15) is 5.11 Å². The van der Waals surface area contributed by atoms with Gasteiger partial charge in [0.05, 0.1) is 38.1 Å². The summed E-state index contributed by atoms with van der Waals surface area (Å²) in [6.45, 7) is 3.97. The van der Waals surface area contributed by atoms with Gasteiger partial charge in [-0.25, -0.2) is 0 Å². The second kappa shape index (κ2) is 4.57. The van der Waals surface area contributed by atoms with Gasteiger partial charge in [0, 0.05) is 6.42 Å². The molecule has 0 amide bonds. The van der Waals surface area contributed by atoms with Crippen molar-refractivity contribution in [1.29, 1.82) is 0 Å². The lowest BCUT2D eigenvalue weighted by Gasteiger charge is -2.11. The summed E-state index contributed by atoms with van der Waals surface area (Å²) < 4.78 is 16.2. The van der Waals surface area contributed by atoms with Crippen molar-refractivity contribution < 1.29 is 19.3 Å². The summed E-state index contributed by atoms with van der Waals surface area (Å²) in [6.07, 6.45) is 2.01. The lowest BCUT2D eigenvalue weighted by Crippen LogP contribution is -2.17. The predicted molar refractivity (Wildman–Crippen MR) is 50.1 cm³/mol. The highest BCUT2D eigenvalue weighted by atomic mass is 16.6. The van der Waals surface area contributed by atoms with E-state index in [1.54, 1.807) is 6.92 Å². The van der Waals surface area contributed by atoms with Crippen molar-refractivity contribution in [1.82, 2.24) is 0 Å². The van der Waals surface area contributed by atoms with Gasteiger partial charge < -0.3 is 19.3 Å². The fraction of sp³-hybridized carbons (Fsp3) is 1.00. The van der Waals surface area contributed by atoms with E-state index in [2.05, 4.69) is 0 Å². The summed E-state index contributed by atoms with van der Waals surface area (Å²) in [7, 11) is 0. The highest BCUT2D eigenvalue weighted by Crippen LogP contribution is 2.21. The summed E-state index contributed by atoms with van der Waals surface area (Å²) in [5, 5.41) is 9.19. The van der Waals surface area contributed by atoms with E-state index in [4.69, 9.17) is 14.2 Å². The van der Waals surface area contributed by atoms with Gasteiger partial charge in [-0.05, 0) is 13.3 Å². The third-order valence-corrected chi connectivity index (χ3v) is 2.57. The molecule has 2 rings (SSSR count). The predicted octanol–water partition coefficient (Wildman–Crippen LogP) is 0.330. The third kappa shape index (κ3) is 3.20. The van der Waals surface area contributed by atoms with E-state index in [0.29, 0.717) is 25.7 Å². The van der Waals surface area contributed by atoms with Crippen LogP contribution in [0.3, 0.4) is 0 Å². The van der Waals surface area contributed by atoms with Crippen LogP contribution in [0.15, 0.2) is 0 Å². The lowest BCUT2D eigenvalue weighted by molar-refractivity contribution is 0.0246. The van der Waals surface area contributed by atoms with Crippen molar-refractivity contribution in [2.24, 2.45) is 0 Å². The van der Waals surface area contributed by atoms with Crippen LogP contribution in [0.25, 0.3) is 0 Å². The van der Waals surface area contributed by atoms with Crippen molar-refractivity contribution in [3.05, 3.63) is 0 Å². The van der Waals surface area contributed by atoms with E-state index >= 15 is 0 Å². The molecular formula is C10H18O4. The van der Waals surface area contributed by atoms with Gasteiger partial charge in [0.25, 0.3) is 0 Å². The number of hydrogen-bond acceptors (Lipinski definition) is 4. The number of rotatable bonds is 5. The maximum absolute atomic E-state index is 9.19. The molecule has 2 fully saturated rings. The molecular weight excluding hydrogens is 184 g/mol. The summed E-state index contributed by atoms with van der Waals surface area (Å²) in [5.41, 5.74) is 0. The standard InChI is InChI=1S/C10H18O4/c1-7(11)2-8-3-9(4-12-8)13-5-10-6-14-10/h7-11H,2-6H2,1H3. The molecule has 4 heteroatoms. The zero-order chi connectivity index (χ0) is 9.97. The van der Waals surface area contributed by atoms with Crippen LogP contribution in [-0.2, 0) is 14.2 Å². The Morgan fingerprint density at radius 1 is 1.36 bits per heavy atom. The van der Waals surface area contributed by atoms with Gasteiger partial charge in [-0.15, -0.1) is 0 Å². The quantitative estimate of drug-likeness (QED) is 0.653. The van der Waals surface area contributed by atoms with E-state index in [-0.39, 0.29) is 18.3 Å². The maximum atomic E-state index is 9.19. The van der Waals surface area contributed by atoms with Crippen molar-refractivity contribution in [3.63, 3.8) is 0 Å². The Morgan fingerprint density at radius 2 is 2.14 bits per heavy atom. The first-order chi connectivity index (χ1) is 6.74. The van der Waals surface area contributed by atoms with Crippen LogP contribution in [0.2, 0.25) is 0 Å². The van der Waals surface area contributed by atoms with Crippen molar-refractivity contribution in [3.8, 4) is 0 Å². The SMILES string of the molecule is CC(O)CC1CC(OCC2CO2)CO1. The van der Waals surface area contributed by atoms with Crippen LogP contribution in [0.1, 0.15) is 19.8 Å². The Bertz CT molecular complexity index is 179. The number of aliphatic hydroxyl groups excluding tert-OH is 1. The summed E-state index contributed by atoms with van der Waals surface area (Å²) in [4.78, 5) is 0. The van der Waals surface area contributed by atoms with E-state index in [1.807, 2.05) is 0 Å². The van der Waals surface area contributed by atoms with Gasteiger partial charge >= 0.3 is 0 Å². The fourth-order valence-electron chi connectivity index (χ4n) is 1.74. The first-order valence-electron chi connectivity index (χ1n) is 5.27. The molecule has 4 unspecified atom stereocenters. The first kappa shape index (κ1) is 10.4. The molecule has 0 aliphatic carbocycles. The zero-order valence-corrected chi connectivity index (χ0v) is 8.52. The second-order valence-electron chi connectivity index (χ2n) is 4.19. The molecule has 2 aliphatic heterocycles. The highest BCUT2D eigenvalue weighted by molar-refractivity contribution is 4.77. The molecule has 0 spiro atoms. The molecule has 1 N–H and O–H groups in total. The Balaban J connectivity index is 1.60. The molecule has 2 heterocycles. The van der Waals surface area contributed by atoms with E-state index in [1.165, 1.54) is 0 Å². The zero-order valence-electron chi connectivity index (χ0n) is 8.52. The van der Waals surface area contributed by atoms with Crippen molar-refractivity contribution in [2.75, 3.05) is 19.8 Å². The second-order valence-corrected chi connectivity index (χ2v) is 4.19. The minimum atomic E-state index is -0.287. The molecule has 2 saturated heterocycles. The minimum absolute atomic E-state index is 0.167. The average molecular weight is 202 g/mol. The van der Waals surface area contributed by atoms with Gasteiger partial charge in [-0.1, -0.05) is 0 Å². The fourth-order valence-corrected chi connectivity index (χ4v) is 1.74. The summed E-state index contributed by atoms with van der Waals surface area (Å²) in [5.74, 6) is 0. The van der Waals surface area contributed by atoms with Crippen molar-refractivity contribution in [2.45, 2.75) is 44.2 Å². The minimum Gasteiger partial charge on any atom is -0.393 e. The number of hydrogen-bond donors (Lipinski definition) is 1. The van der Waals surface area contributed by atoms with Crippen LogP contribution in [0.4, 0.5) is 0 Å². The number of epoxide rings is 1. The molecule has 0 saturated carbocycles. The van der Waals surface area contributed by atoms with Gasteiger partial charge in [-0.3, -0.25) is 0 Å². The molecule has 0 radical (unpaired) electrons. The van der Waals surface area contributed by atoms with Gasteiger partial charge in [0.15, 0.2) is 0 Å². The van der Waals surface area contributed by atoms with Crippen LogP contribution in [0.5, 0.6) is 0 Å². The number of aliphatic hydroxyl groups is 1. The van der Waals surface area contributed by atoms with Crippen molar-refractivity contribution >= 4 is 0 Å². The smallest absolute Gasteiger partial charge is 0.104 e. The molecule has 0 aromatic heterocycles. The lowest BCUT2D eigenvalue weighted by atomic mass is 10.1. The topological polar surface area (TPSA) is 51.2 Å². The summed E-state index contributed by atoms with van der Waals surface area (Å²) >= 11 is 0. The van der Waals surface area contributed by atoms with Crippen LogP contribution >= 0.6 is 0 Å². The molecule has 4 atom stereocenters. The average Bonchev–Trinajstić information content (AvgIpc) is 2.84. The normalized spacial score (nSPS) is 38.6. The van der Waals surface area contributed by atoms with Crippen LogP contribution in [-0.4, -0.2) is 49.3 Å². The Hall–Kier alpha value is -0.160. The van der Waals surface area contributed by atoms with E-state index in [0.717, 1.165) is 13.0 Å². The maximum Gasteiger partial charge on any atom is 0.104 e. The monoisotopic (exact) mass is 202 g/mol. The van der Waals surface area contributed by atoms with Gasteiger partial charge in [0.1, 0.15) is 6.10 Å². The Kier molecular flexibility index (Phi) is 3.38. The van der Waals surface area contributed by atoms with Gasteiger partial charge in [0.2, 0.25) is 0 Å². The van der Waals surface area contributed by atoms with Crippen LogP contribution in [0, 0.1) is 0 Å². The number of ether oxygens (including phenoxy) is 3. The molecule has 0 aromatic rings. The first-order valence-corrected chi connectivity index (χ1v) is 5.27. The van der Waals surface area contributed by atoms with E-state index < -0.39 is 0 Å². The highest BCUT2D eigenvalue weighted by Gasteiger charge is 2.30. The Labute approximate surface area is 84.1 Å². The third-order valence-electron chi connectivity index (χ3n) is 2.57. The van der Waals surface area contributed by atoms with Crippen LogP contribution < -0.4 is 0 Å². The molecule has 0 bridgehead atoms. The van der Waals surface area contributed by atoms with Gasteiger partial charge in [-0.2, -0.15) is 0 Å². The molecule has 0 aromatic carbocycles. The summed E-state index contributed by atoms with van der Waals surface area (Å²) in [6, 6.07) is 0. The Morgan fingerprint density at radius 3 is 2.79 bits per heavy atom. The molecule has 14 heavy (non-hydrogen) atoms. The largest absolute Gasteiger partial charge is 0.393 e.